The predicted molar refractivity (Wildman–Crippen MR) is 82.3 cm³/mol. The standard InChI is InChI=1S/C16H25N3O2/c1-3-8-17-11-14-15(7-6-13(2)18-14)21-12-16(20)19-9-4-5-10-19/h6-7,17H,3-5,8-12H2,1-2H3. The van der Waals surface area contributed by atoms with Crippen LogP contribution in [0.1, 0.15) is 37.6 Å². The molecule has 0 unspecified atom stereocenters. The van der Waals surface area contributed by atoms with Crippen LogP contribution in [0.4, 0.5) is 0 Å². The normalized spacial score (nSPS) is 14.5. The first kappa shape index (κ1) is 15.8. The van der Waals surface area contributed by atoms with Gasteiger partial charge in [-0.1, -0.05) is 6.92 Å². The molecule has 1 saturated heterocycles. The molecule has 21 heavy (non-hydrogen) atoms. The van der Waals surface area contributed by atoms with Gasteiger partial charge in [-0.05, 0) is 44.9 Å². The number of carbonyl (C=O) groups is 1. The van der Waals surface area contributed by atoms with Gasteiger partial charge in [0.25, 0.3) is 5.91 Å². The maximum absolute atomic E-state index is 12.0. The van der Waals surface area contributed by atoms with Crippen molar-refractivity contribution in [2.45, 2.75) is 39.7 Å². The summed E-state index contributed by atoms with van der Waals surface area (Å²) in [5, 5.41) is 3.32. The van der Waals surface area contributed by atoms with Crippen molar-refractivity contribution in [3.05, 3.63) is 23.5 Å². The SMILES string of the molecule is CCCNCc1nc(C)ccc1OCC(=O)N1CCCC1. The van der Waals surface area contributed by atoms with Crippen LogP contribution in [0.2, 0.25) is 0 Å². The number of pyridine rings is 1. The lowest BCUT2D eigenvalue weighted by Crippen LogP contribution is -2.32. The fourth-order valence-electron chi connectivity index (χ4n) is 2.44. The van der Waals surface area contributed by atoms with Crippen LogP contribution in [0, 0.1) is 6.92 Å². The van der Waals surface area contributed by atoms with Crippen LogP contribution in [0.15, 0.2) is 12.1 Å². The molecule has 0 spiro atoms. The summed E-state index contributed by atoms with van der Waals surface area (Å²) in [5.41, 5.74) is 1.83. The fraction of sp³-hybridized carbons (Fsp3) is 0.625. The van der Waals surface area contributed by atoms with Gasteiger partial charge in [-0.15, -0.1) is 0 Å². The highest BCUT2D eigenvalue weighted by molar-refractivity contribution is 5.78. The molecule has 1 aliphatic heterocycles. The van der Waals surface area contributed by atoms with E-state index in [9.17, 15) is 4.79 Å². The Balaban J connectivity index is 1.93. The molecule has 1 N–H and O–H groups in total. The molecule has 0 saturated carbocycles. The van der Waals surface area contributed by atoms with Gasteiger partial charge in [0, 0.05) is 25.3 Å². The largest absolute Gasteiger partial charge is 0.482 e. The second-order valence-electron chi connectivity index (χ2n) is 5.45. The van der Waals surface area contributed by atoms with Crippen LogP contribution in [0.5, 0.6) is 5.75 Å². The van der Waals surface area contributed by atoms with E-state index in [-0.39, 0.29) is 12.5 Å². The molecular formula is C16H25N3O2. The van der Waals surface area contributed by atoms with Crippen LogP contribution in [-0.2, 0) is 11.3 Å². The van der Waals surface area contributed by atoms with E-state index in [1.165, 1.54) is 0 Å². The summed E-state index contributed by atoms with van der Waals surface area (Å²) >= 11 is 0. The zero-order valence-corrected chi connectivity index (χ0v) is 13.0. The van der Waals surface area contributed by atoms with Crippen LogP contribution in [0.25, 0.3) is 0 Å². The third kappa shape index (κ3) is 4.70. The predicted octanol–water partition coefficient (Wildman–Crippen LogP) is 1.89. The first-order valence-corrected chi connectivity index (χ1v) is 7.78. The number of rotatable bonds is 7. The summed E-state index contributed by atoms with van der Waals surface area (Å²) in [5.74, 6) is 0.775. The Morgan fingerprint density at radius 2 is 2.14 bits per heavy atom. The van der Waals surface area contributed by atoms with E-state index >= 15 is 0 Å². The smallest absolute Gasteiger partial charge is 0.260 e. The second kappa shape index (κ2) is 7.98. The third-order valence-electron chi connectivity index (χ3n) is 3.60. The molecule has 1 fully saturated rings. The minimum absolute atomic E-state index is 0.0699. The van der Waals surface area contributed by atoms with E-state index in [2.05, 4.69) is 17.2 Å². The first-order chi connectivity index (χ1) is 10.2. The van der Waals surface area contributed by atoms with Crippen molar-refractivity contribution in [1.29, 1.82) is 0 Å². The highest BCUT2D eigenvalue weighted by Crippen LogP contribution is 2.17. The minimum atomic E-state index is 0.0699. The molecule has 1 aliphatic rings. The molecule has 0 aliphatic carbocycles. The summed E-state index contributed by atoms with van der Waals surface area (Å²) in [6, 6.07) is 3.82. The zero-order valence-electron chi connectivity index (χ0n) is 13.0. The van der Waals surface area contributed by atoms with Crippen molar-refractivity contribution in [3.8, 4) is 5.75 Å². The van der Waals surface area contributed by atoms with Crippen molar-refractivity contribution in [2.24, 2.45) is 0 Å². The van der Waals surface area contributed by atoms with E-state index in [0.29, 0.717) is 12.3 Å². The van der Waals surface area contributed by atoms with Crippen molar-refractivity contribution in [2.75, 3.05) is 26.2 Å². The molecule has 0 atom stereocenters. The quantitative estimate of drug-likeness (QED) is 0.780. The maximum Gasteiger partial charge on any atom is 0.260 e. The minimum Gasteiger partial charge on any atom is -0.482 e. The van der Waals surface area contributed by atoms with E-state index < -0.39 is 0 Å². The number of amides is 1. The van der Waals surface area contributed by atoms with E-state index in [1.807, 2.05) is 24.0 Å². The van der Waals surface area contributed by atoms with Gasteiger partial charge in [0.2, 0.25) is 0 Å². The fourth-order valence-corrected chi connectivity index (χ4v) is 2.44. The average molecular weight is 291 g/mol. The van der Waals surface area contributed by atoms with Gasteiger partial charge >= 0.3 is 0 Å². The van der Waals surface area contributed by atoms with E-state index in [4.69, 9.17) is 4.74 Å². The number of hydrogen-bond acceptors (Lipinski definition) is 4. The Morgan fingerprint density at radius 3 is 2.86 bits per heavy atom. The molecule has 0 aromatic carbocycles. The summed E-state index contributed by atoms with van der Waals surface area (Å²) < 4.78 is 5.70. The Hall–Kier alpha value is -1.62. The molecule has 5 heteroatoms. The molecule has 1 aromatic rings. The Labute approximate surface area is 126 Å². The van der Waals surface area contributed by atoms with E-state index in [1.54, 1.807) is 0 Å². The third-order valence-corrected chi connectivity index (χ3v) is 3.60. The molecule has 5 nitrogen and oxygen atoms in total. The number of likely N-dealkylation sites (tertiary alicyclic amines) is 1. The highest BCUT2D eigenvalue weighted by atomic mass is 16.5. The summed E-state index contributed by atoms with van der Waals surface area (Å²) in [6.07, 6.45) is 3.28. The molecule has 2 heterocycles. The summed E-state index contributed by atoms with van der Waals surface area (Å²) in [6.45, 7) is 7.53. The van der Waals surface area contributed by atoms with Crippen molar-refractivity contribution in [1.82, 2.24) is 15.2 Å². The number of aromatic nitrogens is 1. The maximum atomic E-state index is 12.0. The first-order valence-electron chi connectivity index (χ1n) is 7.78. The van der Waals surface area contributed by atoms with Crippen LogP contribution in [-0.4, -0.2) is 42.0 Å². The number of aryl methyl sites for hydroxylation is 1. The van der Waals surface area contributed by atoms with Gasteiger partial charge in [0.05, 0.1) is 5.69 Å². The molecule has 0 bridgehead atoms. The Bertz CT molecular complexity index is 471. The lowest BCUT2D eigenvalue weighted by atomic mass is 10.2. The number of nitrogens with zero attached hydrogens (tertiary/aromatic N) is 2. The number of nitrogens with one attached hydrogen (secondary N) is 1. The Kier molecular flexibility index (Phi) is 5.99. The average Bonchev–Trinajstić information content (AvgIpc) is 3.00. The number of carbonyl (C=O) groups excluding carboxylic acids is 1. The van der Waals surface area contributed by atoms with Gasteiger partial charge in [-0.2, -0.15) is 0 Å². The molecule has 1 amide bonds. The van der Waals surface area contributed by atoms with Crippen LogP contribution in [0.3, 0.4) is 0 Å². The Morgan fingerprint density at radius 1 is 1.38 bits per heavy atom. The van der Waals surface area contributed by atoms with Gasteiger partial charge in [0.1, 0.15) is 5.75 Å². The van der Waals surface area contributed by atoms with Crippen molar-refractivity contribution >= 4 is 5.91 Å². The van der Waals surface area contributed by atoms with Gasteiger partial charge in [-0.3, -0.25) is 9.78 Å². The molecular weight excluding hydrogens is 266 g/mol. The van der Waals surface area contributed by atoms with E-state index in [0.717, 1.165) is 50.3 Å². The number of hydrogen-bond donors (Lipinski definition) is 1. The lowest BCUT2D eigenvalue weighted by molar-refractivity contribution is -0.132. The summed E-state index contributed by atoms with van der Waals surface area (Å²) in [4.78, 5) is 18.4. The number of ether oxygens (including phenoxy) is 1. The zero-order chi connectivity index (χ0) is 15.1. The second-order valence-corrected chi connectivity index (χ2v) is 5.45. The van der Waals surface area contributed by atoms with Crippen molar-refractivity contribution in [3.63, 3.8) is 0 Å². The lowest BCUT2D eigenvalue weighted by Gasteiger charge is -2.17. The molecule has 1 aromatic heterocycles. The van der Waals surface area contributed by atoms with Gasteiger partial charge in [0.15, 0.2) is 6.61 Å². The molecule has 2 rings (SSSR count). The topological polar surface area (TPSA) is 54.5 Å². The van der Waals surface area contributed by atoms with Crippen molar-refractivity contribution < 1.29 is 9.53 Å². The molecule has 0 radical (unpaired) electrons. The van der Waals surface area contributed by atoms with Crippen LogP contribution < -0.4 is 10.1 Å². The van der Waals surface area contributed by atoms with Gasteiger partial charge in [-0.25, -0.2) is 0 Å². The van der Waals surface area contributed by atoms with Gasteiger partial charge < -0.3 is 15.0 Å². The van der Waals surface area contributed by atoms with Crippen LogP contribution >= 0.6 is 0 Å². The highest BCUT2D eigenvalue weighted by Gasteiger charge is 2.18. The molecule has 116 valence electrons. The monoisotopic (exact) mass is 291 g/mol. The summed E-state index contributed by atoms with van der Waals surface area (Å²) in [7, 11) is 0.